The molecule has 1 atom stereocenters. The van der Waals surface area contributed by atoms with Crippen molar-refractivity contribution in [2.75, 3.05) is 13.2 Å². The molecule has 0 aliphatic rings. The van der Waals surface area contributed by atoms with E-state index in [2.05, 4.69) is 17.6 Å². The first-order valence-electron chi connectivity index (χ1n) is 7.53. The molecule has 122 valence electrons. The average Bonchev–Trinajstić information content (AvgIpc) is 2.50. The minimum absolute atomic E-state index is 0.200. The third kappa shape index (κ3) is 7.38. The molecule has 0 aliphatic carbocycles. The summed E-state index contributed by atoms with van der Waals surface area (Å²) in [6.07, 6.45) is 2.81. The Hall–Kier alpha value is -1.66. The number of aliphatic hydroxyl groups excluding tert-OH is 1. The smallest absolute Gasteiger partial charge is 0.257 e. The lowest BCUT2D eigenvalue weighted by molar-refractivity contribution is 0.0976. The van der Waals surface area contributed by atoms with Gasteiger partial charge in [-0.05, 0) is 49.8 Å². The SMILES string of the molecule is CCCCCOc1ccc(C(=O)NC(=S)NCC(C)O)cc1. The predicted molar refractivity (Wildman–Crippen MR) is 91.2 cm³/mol. The lowest BCUT2D eigenvalue weighted by atomic mass is 10.2. The molecular formula is C16H24N2O3S. The molecule has 1 aromatic carbocycles. The van der Waals surface area contributed by atoms with Gasteiger partial charge in [0.15, 0.2) is 5.11 Å². The molecule has 1 aromatic rings. The Balaban J connectivity index is 2.41. The standard InChI is InChI=1S/C16H24N2O3S/c1-3-4-5-10-21-14-8-6-13(7-9-14)15(20)18-16(22)17-11-12(2)19/h6-9,12,19H,3-5,10-11H2,1-2H3,(H2,17,18,20,22). The Morgan fingerprint density at radius 3 is 2.59 bits per heavy atom. The van der Waals surface area contributed by atoms with Gasteiger partial charge in [0.2, 0.25) is 0 Å². The molecule has 5 nitrogen and oxygen atoms in total. The lowest BCUT2D eigenvalue weighted by Crippen LogP contribution is -2.41. The number of thiocarbonyl (C=S) groups is 1. The normalized spacial score (nSPS) is 11.6. The van der Waals surface area contributed by atoms with Crippen LogP contribution in [0.25, 0.3) is 0 Å². The highest BCUT2D eigenvalue weighted by molar-refractivity contribution is 7.80. The van der Waals surface area contributed by atoms with Crippen LogP contribution in [0.1, 0.15) is 43.5 Å². The van der Waals surface area contributed by atoms with Crippen LogP contribution >= 0.6 is 12.2 Å². The fraction of sp³-hybridized carbons (Fsp3) is 0.500. The van der Waals surface area contributed by atoms with Crippen molar-refractivity contribution in [3.63, 3.8) is 0 Å². The molecule has 22 heavy (non-hydrogen) atoms. The van der Waals surface area contributed by atoms with Gasteiger partial charge >= 0.3 is 0 Å². The first-order chi connectivity index (χ1) is 10.5. The Kier molecular flexibility index (Phi) is 8.47. The Bertz CT molecular complexity index is 475. The molecule has 0 saturated carbocycles. The van der Waals surface area contributed by atoms with Crippen LogP contribution in [-0.4, -0.2) is 35.4 Å². The zero-order chi connectivity index (χ0) is 16.4. The van der Waals surface area contributed by atoms with Gasteiger partial charge in [0, 0.05) is 12.1 Å². The molecule has 1 rings (SSSR count). The monoisotopic (exact) mass is 324 g/mol. The Morgan fingerprint density at radius 2 is 2.00 bits per heavy atom. The highest BCUT2D eigenvalue weighted by atomic mass is 32.1. The van der Waals surface area contributed by atoms with Gasteiger partial charge in [-0.15, -0.1) is 0 Å². The second-order valence-electron chi connectivity index (χ2n) is 5.09. The number of hydrogen-bond acceptors (Lipinski definition) is 4. The van der Waals surface area contributed by atoms with E-state index >= 15 is 0 Å². The van der Waals surface area contributed by atoms with Crippen molar-refractivity contribution in [1.82, 2.24) is 10.6 Å². The molecule has 0 radical (unpaired) electrons. The number of hydrogen-bond donors (Lipinski definition) is 3. The summed E-state index contributed by atoms with van der Waals surface area (Å²) >= 11 is 4.98. The van der Waals surface area contributed by atoms with Crippen LogP contribution in [0.2, 0.25) is 0 Å². The first kappa shape index (κ1) is 18.4. The minimum atomic E-state index is -0.529. The molecule has 3 N–H and O–H groups in total. The van der Waals surface area contributed by atoms with Gasteiger partial charge in [0.1, 0.15) is 5.75 Å². The number of ether oxygens (including phenoxy) is 1. The van der Waals surface area contributed by atoms with Crippen molar-refractivity contribution in [3.05, 3.63) is 29.8 Å². The predicted octanol–water partition coefficient (Wildman–Crippen LogP) is 2.24. The van der Waals surface area contributed by atoms with Gasteiger partial charge in [-0.3, -0.25) is 10.1 Å². The molecule has 0 heterocycles. The fourth-order valence-electron chi connectivity index (χ4n) is 1.70. The summed E-state index contributed by atoms with van der Waals surface area (Å²) in [5.74, 6) is 0.461. The summed E-state index contributed by atoms with van der Waals surface area (Å²) < 4.78 is 5.59. The summed E-state index contributed by atoms with van der Waals surface area (Å²) in [7, 11) is 0. The number of amides is 1. The zero-order valence-corrected chi connectivity index (χ0v) is 13.9. The zero-order valence-electron chi connectivity index (χ0n) is 13.1. The summed E-state index contributed by atoms with van der Waals surface area (Å²) in [6, 6.07) is 6.93. The number of benzene rings is 1. The molecule has 1 unspecified atom stereocenters. The highest BCUT2D eigenvalue weighted by Gasteiger charge is 2.08. The Morgan fingerprint density at radius 1 is 1.32 bits per heavy atom. The molecule has 0 aromatic heterocycles. The van der Waals surface area contributed by atoms with E-state index in [0.717, 1.165) is 25.0 Å². The number of aliphatic hydroxyl groups is 1. The molecule has 0 fully saturated rings. The quantitative estimate of drug-likeness (QED) is 0.505. The maximum absolute atomic E-state index is 12.0. The van der Waals surface area contributed by atoms with Crippen LogP contribution in [0, 0.1) is 0 Å². The number of nitrogens with one attached hydrogen (secondary N) is 2. The van der Waals surface area contributed by atoms with Gasteiger partial charge in [0.05, 0.1) is 12.7 Å². The summed E-state index contributed by atoms with van der Waals surface area (Å²) in [6.45, 7) is 4.76. The second-order valence-corrected chi connectivity index (χ2v) is 5.50. The van der Waals surface area contributed by atoms with E-state index < -0.39 is 6.10 Å². The van der Waals surface area contributed by atoms with Crippen molar-refractivity contribution in [2.45, 2.75) is 39.2 Å². The number of carbonyl (C=O) groups is 1. The minimum Gasteiger partial charge on any atom is -0.494 e. The van der Waals surface area contributed by atoms with Crippen molar-refractivity contribution in [3.8, 4) is 5.75 Å². The Labute approximate surface area is 137 Å². The topological polar surface area (TPSA) is 70.6 Å². The van der Waals surface area contributed by atoms with Gasteiger partial charge in [-0.25, -0.2) is 0 Å². The van der Waals surface area contributed by atoms with Crippen molar-refractivity contribution >= 4 is 23.2 Å². The van der Waals surface area contributed by atoms with Crippen molar-refractivity contribution in [2.24, 2.45) is 0 Å². The van der Waals surface area contributed by atoms with E-state index in [-0.39, 0.29) is 11.0 Å². The highest BCUT2D eigenvalue weighted by Crippen LogP contribution is 2.12. The van der Waals surface area contributed by atoms with Gasteiger partial charge in [-0.1, -0.05) is 19.8 Å². The number of unbranched alkanes of at least 4 members (excludes halogenated alkanes) is 2. The molecule has 6 heteroatoms. The number of rotatable bonds is 8. The van der Waals surface area contributed by atoms with E-state index in [0.29, 0.717) is 18.7 Å². The van der Waals surface area contributed by atoms with E-state index in [1.165, 1.54) is 0 Å². The van der Waals surface area contributed by atoms with Crippen LogP contribution in [0.15, 0.2) is 24.3 Å². The largest absolute Gasteiger partial charge is 0.494 e. The molecule has 0 saturated heterocycles. The van der Waals surface area contributed by atoms with Crippen LogP contribution in [0.3, 0.4) is 0 Å². The maximum Gasteiger partial charge on any atom is 0.257 e. The molecule has 0 aliphatic heterocycles. The summed E-state index contributed by atoms with van der Waals surface area (Å²) in [4.78, 5) is 12.0. The van der Waals surface area contributed by atoms with Gasteiger partial charge in [-0.2, -0.15) is 0 Å². The summed E-state index contributed by atoms with van der Waals surface area (Å²) in [5, 5.41) is 14.7. The van der Waals surface area contributed by atoms with Crippen LogP contribution in [-0.2, 0) is 0 Å². The van der Waals surface area contributed by atoms with Crippen molar-refractivity contribution < 1.29 is 14.6 Å². The van der Waals surface area contributed by atoms with E-state index in [1.54, 1.807) is 31.2 Å². The van der Waals surface area contributed by atoms with E-state index in [1.807, 2.05) is 0 Å². The number of carbonyl (C=O) groups excluding carboxylic acids is 1. The fourth-order valence-corrected chi connectivity index (χ4v) is 1.88. The third-order valence-electron chi connectivity index (χ3n) is 2.92. The van der Waals surface area contributed by atoms with Crippen LogP contribution < -0.4 is 15.4 Å². The molecule has 0 bridgehead atoms. The summed E-state index contributed by atoms with van der Waals surface area (Å²) in [5.41, 5.74) is 0.502. The average molecular weight is 324 g/mol. The lowest BCUT2D eigenvalue weighted by Gasteiger charge is -2.11. The van der Waals surface area contributed by atoms with E-state index in [9.17, 15) is 4.79 Å². The molecule has 0 spiro atoms. The molecular weight excluding hydrogens is 300 g/mol. The molecule has 1 amide bonds. The van der Waals surface area contributed by atoms with Crippen LogP contribution in [0.4, 0.5) is 0 Å². The van der Waals surface area contributed by atoms with E-state index in [4.69, 9.17) is 22.1 Å². The van der Waals surface area contributed by atoms with Gasteiger partial charge in [0.25, 0.3) is 5.91 Å². The third-order valence-corrected chi connectivity index (χ3v) is 3.16. The van der Waals surface area contributed by atoms with Crippen molar-refractivity contribution in [1.29, 1.82) is 0 Å². The second kappa shape index (κ2) is 10.1. The first-order valence-corrected chi connectivity index (χ1v) is 7.94. The van der Waals surface area contributed by atoms with Gasteiger partial charge < -0.3 is 15.2 Å². The van der Waals surface area contributed by atoms with Crippen LogP contribution in [0.5, 0.6) is 5.75 Å². The maximum atomic E-state index is 12.0.